The zero-order chi connectivity index (χ0) is 22.1. The summed E-state index contributed by atoms with van der Waals surface area (Å²) in [4.78, 5) is 25.5. The fraction of sp³-hybridized carbons (Fsp3) is 0.263. The number of anilines is 1. The van der Waals surface area contributed by atoms with Gasteiger partial charge in [-0.25, -0.2) is 9.18 Å². The van der Waals surface area contributed by atoms with Crippen LogP contribution in [0.5, 0.6) is 0 Å². The van der Waals surface area contributed by atoms with Gasteiger partial charge < -0.3 is 20.1 Å². The van der Waals surface area contributed by atoms with Crippen molar-refractivity contribution in [2.24, 2.45) is 0 Å². The van der Waals surface area contributed by atoms with E-state index in [-0.39, 0.29) is 35.8 Å². The molecule has 2 aromatic rings. The van der Waals surface area contributed by atoms with E-state index in [0.717, 1.165) is 29.2 Å². The second kappa shape index (κ2) is 8.11. The van der Waals surface area contributed by atoms with Crippen molar-refractivity contribution in [3.8, 4) is 0 Å². The number of ether oxygens (including phenoxy) is 1. The molecule has 2 amide bonds. The summed E-state index contributed by atoms with van der Waals surface area (Å²) >= 11 is 5.65. The van der Waals surface area contributed by atoms with Gasteiger partial charge in [-0.2, -0.15) is 13.2 Å². The molecule has 0 saturated carbocycles. The number of carbonyl (C=O) groups excluding carboxylic acids is 2. The molecule has 0 aliphatic carbocycles. The molecule has 1 aliphatic heterocycles. The van der Waals surface area contributed by atoms with E-state index in [9.17, 15) is 32.3 Å². The van der Waals surface area contributed by atoms with Gasteiger partial charge in [0.1, 0.15) is 5.82 Å². The molecule has 1 saturated heterocycles. The highest BCUT2D eigenvalue weighted by Crippen LogP contribution is 2.33. The second-order valence-electron chi connectivity index (χ2n) is 6.49. The van der Waals surface area contributed by atoms with Gasteiger partial charge in [0.25, 0.3) is 11.7 Å². The van der Waals surface area contributed by atoms with Crippen molar-refractivity contribution < 1.29 is 37.0 Å². The Bertz CT molecular complexity index is 968. The van der Waals surface area contributed by atoms with E-state index in [4.69, 9.17) is 16.3 Å². The molecule has 0 bridgehead atoms. The molecular weight excluding hydrogens is 432 g/mol. The van der Waals surface area contributed by atoms with E-state index >= 15 is 0 Å². The summed E-state index contributed by atoms with van der Waals surface area (Å²) in [5, 5.41) is 12.5. The number of carbonyl (C=O) groups is 2. The van der Waals surface area contributed by atoms with Gasteiger partial charge >= 0.3 is 12.3 Å². The maximum absolute atomic E-state index is 13.8. The van der Waals surface area contributed by atoms with Crippen molar-refractivity contribution in [1.29, 1.82) is 0 Å². The highest BCUT2D eigenvalue weighted by atomic mass is 35.5. The predicted molar refractivity (Wildman–Crippen MR) is 98.1 cm³/mol. The Balaban J connectivity index is 1.63. The SMILES string of the molecule is O=C(NCc1cccc(Cl)c1F)O[C@@]1(O)CCN(c2ccc(C(F)(F)F)cc2)C1=O. The van der Waals surface area contributed by atoms with Gasteiger partial charge in [-0.05, 0) is 30.3 Å². The number of halogens is 5. The average Bonchev–Trinajstić information content (AvgIpc) is 2.97. The lowest BCUT2D eigenvalue weighted by atomic mass is 10.2. The van der Waals surface area contributed by atoms with Gasteiger partial charge in [0.2, 0.25) is 0 Å². The van der Waals surface area contributed by atoms with Gasteiger partial charge in [0.05, 0.1) is 10.6 Å². The van der Waals surface area contributed by atoms with Gasteiger partial charge in [0.15, 0.2) is 0 Å². The zero-order valence-electron chi connectivity index (χ0n) is 15.2. The minimum atomic E-state index is -4.53. The molecular formula is C19H15ClF4N2O4. The molecule has 160 valence electrons. The number of aliphatic hydroxyl groups is 1. The molecule has 0 radical (unpaired) electrons. The van der Waals surface area contributed by atoms with Crippen molar-refractivity contribution in [2.75, 3.05) is 11.4 Å². The minimum absolute atomic E-state index is 0.0653. The Hall–Kier alpha value is -2.85. The minimum Gasteiger partial charge on any atom is -0.407 e. The lowest BCUT2D eigenvalue weighted by Crippen LogP contribution is -2.46. The molecule has 1 atom stereocenters. The second-order valence-corrected chi connectivity index (χ2v) is 6.90. The third kappa shape index (κ3) is 4.49. The molecule has 0 unspecified atom stereocenters. The monoisotopic (exact) mass is 446 g/mol. The van der Waals surface area contributed by atoms with Crippen LogP contribution in [0.25, 0.3) is 0 Å². The number of nitrogens with one attached hydrogen (secondary N) is 1. The van der Waals surface area contributed by atoms with Crippen LogP contribution in [0, 0.1) is 5.82 Å². The zero-order valence-corrected chi connectivity index (χ0v) is 15.9. The number of rotatable bonds is 4. The Kier molecular flexibility index (Phi) is 5.91. The number of benzene rings is 2. The molecule has 0 spiro atoms. The molecule has 1 heterocycles. The number of hydrogen-bond acceptors (Lipinski definition) is 4. The van der Waals surface area contributed by atoms with Crippen LogP contribution in [-0.2, 0) is 22.3 Å². The summed E-state index contributed by atoms with van der Waals surface area (Å²) in [6, 6.07) is 7.94. The molecule has 30 heavy (non-hydrogen) atoms. The molecule has 2 aromatic carbocycles. The number of alkyl halides is 3. The summed E-state index contributed by atoms with van der Waals surface area (Å²) in [5.74, 6) is -4.24. The fourth-order valence-corrected chi connectivity index (χ4v) is 3.09. The van der Waals surface area contributed by atoms with E-state index in [1.807, 2.05) is 0 Å². The highest BCUT2D eigenvalue weighted by molar-refractivity contribution is 6.30. The van der Waals surface area contributed by atoms with Crippen molar-refractivity contribution in [1.82, 2.24) is 5.32 Å². The quantitative estimate of drug-likeness (QED) is 0.552. The first-order valence-corrected chi connectivity index (χ1v) is 9.00. The molecule has 3 rings (SSSR count). The Morgan fingerprint density at radius 2 is 1.90 bits per heavy atom. The van der Waals surface area contributed by atoms with E-state index in [0.29, 0.717) is 0 Å². The van der Waals surface area contributed by atoms with Crippen LogP contribution in [-0.4, -0.2) is 29.4 Å². The largest absolute Gasteiger partial charge is 0.416 e. The molecule has 11 heteroatoms. The van der Waals surface area contributed by atoms with Crippen LogP contribution in [0.3, 0.4) is 0 Å². The summed E-state index contributed by atoms with van der Waals surface area (Å²) in [5.41, 5.74) is -0.721. The first-order valence-electron chi connectivity index (χ1n) is 8.62. The van der Waals surface area contributed by atoms with E-state index in [1.54, 1.807) is 0 Å². The number of amides is 2. The standard InChI is InChI=1S/C19H15ClF4N2O4/c20-14-3-1-2-11(15(14)21)10-25-17(28)30-18(29)8-9-26(16(18)27)13-6-4-12(5-7-13)19(22,23)24/h1-7,29H,8-10H2,(H,25,28)/t18-/m0/s1. The molecule has 1 aliphatic rings. The predicted octanol–water partition coefficient (Wildman–Crippen LogP) is 3.85. The fourth-order valence-electron chi connectivity index (χ4n) is 2.90. The molecule has 1 fully saturated rings. The van der Waals surface area contributed by atoms with E-state index in [1.165, 1.54) is 18.2 Å². The first-order chi connectivity index (χ1) is 14.0. The normalized spacial score (nSPS) is 19.1. The van der Waals surface area contributed by atoms with E-state index < -0.39 is 35.3 Å². The smallest absolute Gasteiger partial charge is 0.407 e. The van der Waals surface area contributed by atoms with Gasteiger partial charge in [-0.1, -0.05) is 23.7 Å². The van der Waals surface area contributed by atoms with E-state index in [2.05, 4.69) is 5.32 Å². The number of nitrogens with zero attached hydrogens (tertiary/aromatic N) is 1. The highest BCUT2D eigenvalue weighted by Gasteiger charge is 2.49. The van der Waals surface area contributed by atoms with Crippen LogP contribution in [0.4, 0.5) is 28.0 Å². The lowest BCUT2D eigenvalue weighted by molar-refractivity contribution is -0.175. The van der Waals surface area contributed by atoms with Gasteiger partial charge in [0, 0.05) is 30.8 Å². The summed E-state index contributed by atoms with van der Waals surface area (Å²) in [7, 11) is 0. The van der Waals surface area contributed by atoms with Crippen LogP contribution in [0.15, 0.2) is 42.5 Å². The third-order valence-corrected chi connectivity index (χ3v) is 4.77. The lowest BCUT2D eigenvalue weighted by Gasteiger charge is -2.22. The molecule has 0 aromatic heterocycles. The van der Waals surface area contributed by atoms with Gasteiger partial charge in [-0.3, -0.25) is 4.79 Å². The first kappa shape index (κ1) is 21.8. The summed E-state index contributed by atoms with van der Waals surface area (Å²) in [6.07, 6.45) is -6.01. The van der Waals surface area contributed by atoms with Crippen LogP contribution in [0.2, 0.25) is 5.02 Å². The Morgan fingerprint density at radius 3 is 2.53 bits per heavy atom. The maximum atomic E-state index is 13.8. The Labute approximate surface area is 173 Å². The van der Waals surface area contributed by atoms with Crippen LogP contribution < -0.4 is 10.2 Å². The number of hydrogen-bond donors (Lipinski definition) is 2. The summed E-state index contributed by atoms with van der Waals surface area (Å²) in [6.45, 7) is -0.394. The van der Waals surface area contributed by atoms with Crippen molar-refractivity contribution in [3.05, 3.63) is 64.4 Å². The van der Waals surface area contributed by atoms with Crippen LogP contribution in [0.1, 0.15) is 17.5 Å². The van der Waals surface area contributed by atoms with Gasteiger partial charge in [-0.15, -0.1) is 0 Å². The molecule has 2 N–H and O–H groups in total. The average molecular weight is 447 g/mol. The summed E-state index contributed by atoms with van der Waals surface area (Å²) < 4.78 is 56.6. The van der Waals surface area contributed by atoms with Crippen molar-refractivity contribution in [3.63, 3.8) is 0 Å². The maximum Gasteiger partial charge on any atom is 0.416 e. The van der Waals surface area contributed by atoms with Crippen LogP contribution >= 0.6 is 11.6 Å². The van der Waals surface area contributed by atoms with Crippen molar-refractivity contribution in [2.45, 2.75) is 24.9 Å². The number of alkyl carbamates (subject to hydrolysis) is 1. The topological polar surface area (TPSA) is 78.9 Å². The third-order valence-electron chi connectivity index (χ3n) is 4.48. The Morgan fingerprint density at radius 1 is 1.23 bits per heavy atom. The molecule has 6 nitrogen and oxygen atoms in total. The van der Waals surface area contributed by atoms with Crippen molar-refractivity contribution >= 4 is 29.3 Å².